The maximum atomic E-state index is 4.46. The van der Waals surface area contributed by atoms with E-state index in [2.05, 4.69) is 63.4 Å². The van der Waals surface area contributed by atoms with Gasteiger partial charge in [0.25, 0.3) is 0 Å². The van der Waals surface area contributed by atoms with E-state index in [9.17, 15) is 0 Å². The fraction of sp³-hybridized carbons (Fsp3) is 0.200. The maximum absolute atomic E-state index is 4.46. The fourth-order valence-electron chi connectivity index (χ4n) is 2.61. The summed E-state index contributed by atoms with van der Waals surface area (Å²) in [5.41, 5.74) is 3.76. The summed E-state index contributed by atoms with van der Waals surface area (Å²) in [6, 6.07) is 20.9. The van der Waals surface area contributed by atoms with E-state index in [1.54, 1.807) is 0 Å². The minimum atomic E-state index is 0.857. The number of pyridine rings is 2. The number of benzene rings is 1. The first-order valence-electron chi connectivity index (χ1n) is 7.95. The van der Waals surface area contributed by atoms with Crippen molar-refractivity contribution >= 4 is 0 Å². The molecule has 3 aromatic rings. The smallest absolute Gasteiger partial charge is 0.0544 e. The van der Waals surface area contributed by atoms with Crippen molar-refractivity contribution in [2.75, 3.05) is 6.54 Å². The molecule has 0 aliphatic carbocycles. The molecule has 0 radical (unpaired) electrons. The molecule has 0 saturated heterocycles. The molecule has 3 rings (SSSR count). The predicted octanol–water partition coefficient (Wildman–Crippen LogP) is 3.72. The van der Waals surface area contributed by atoms with E-state index in [4.69, 9.17) is 0 Å². The second kappa shape index (κ2) is 8.20. The largest absolute Gasteiger partial charge is 0.293 e. The summed E-state index contributed by atoms with van der Waals surface area (Å²) >= 11 is 0. The molecule has 23 heavy (non-hydrogen) atoms. The van der Waals surface area contributed by atoms with Crippen LogP contribution in [0.4, 0.5) is 0 Å². The van der Waals surface area contributed by atoms with Gasteiger partial charge in [-0.3, -0.25) is 14.9 Å². The lowest BCUT2D eigenvalue weighted by Gasteiger charge is -2.22. The third-order valence-corrected chi connectivity index (χ3v) is 3.83. The van der Waals surface area contributed by atoms with Crippen molar-refractivity contribution in [2.45, 2.75) is 19.5 Å². The predicted molar refractivity (Wildman–Crippen MR) is 92.7 cm³/mol. The molecular weight excluding hydrogens is 282 g/mol. The van der Waals surface area contributed by atoms with Gasteiger partial charge in [0.1, 0.15) is 0 Å². The van der Waals surface area contributed by atoms with E-state index in [0.29, 0.717) is 0 Å². The van der Waals surface area contributed by atoms with Crippen molar-refractivity contribution in [1.29, 1.82) is 0 Å². The van der Waals surface area contributed by atoms with Gasteiger partial charge in [-0.2, -0.15) is 0 Å². The van der Waals surface area contributed by atoms with Crippen molar-refractivity contribution in [3.05, 3.63) is 96.1 Å². The van der Waals surface area contributed by atoms with Gasteiger partial charge < -0.3 is 0 Å². The van der Waals surface area contributed by atoms with E-state index < -0.39 is 0 Å². The number of aromatic nitrogens is 2. The standard InChI is InChI=1S/C20H21N3/c1-2-6-18(7-3-1)11-15-23(16-19-9-13-21-14-10-19)17-20-8-4-5-12-22-20/h1-10,12-14H,11,15-17H2. The zero-order chi connectivity index (χ0) is 15.7. The van der Waals surface area contributed by atoms with Crippen LogP contribution in [0.25, 0.3) is 0 Å². The number of hydrogen-bond donors (Lipinski definition) is 0. The van der Waals surface area contributed by atoms with Gasteiger partial charge in [-0.05, 0) is 41.8 Å². The zero-order valence-electron chi connectivity index (χ0n) is 13.2. The van der Waals surface area contributed by atoms with Gasteiger partial charge in [-0.25, -0.2) is 0 Å². The first kappa shape index (κ1) is 15.4. The van der Waals surface area contributed by atoms with Crippen molar-refractivity contribution in [3.8, 4) is 0 Å². The van der Waals surface area contributed by atoms with Crippen LogP contribution in [0.2, 0.25) is 0 Å². The summed E-state index contributed by atoms with van der Waals surface area (Å²) in [4.78, 5) is 11.0. The zero-order valence-corrected chi connectivity index (χ0v) is 13.2. The number of hydrogen-bond acceptors (Lipinski definition) is 3. The quantitative estimate of drug-likeness (QED) is 0.666. The lowest BCUT2D eigenvalue weighted by atomic mass is 10.1. The van der Waals surface area contributed by atoms with Crippen LogP contribution >= 0.6 is 0 Å². The Hall–Kier alpha value is -2.52. The van der Waals surface area contributed by atoms with Crippen LogP contribution in [0.1, 0.15) is 16.8 Å². The monoisotopic (exact) mass is 303 g/mol. The first-order valence-corrected chi connectivity index (χ1v) is 7.95. The second-order valence-corrected chi connectivity index (χ2v) is 5.62. The minimum absolute atomic E-state index is 0.857. The average molecular weight is 303 g/mol. The number of nitrogens with zero attached hydrogens (tertiary/aromatic N) is 3. The van der Waals surface area contributed by atoms with E-state index in [-0.39, 0.29) is 0 Å². The Bertz CT molecular complexity index is 642. The highest BCUT2D eigenvalue weighted by atomic mass is 15.1. The summed E-state index contributed by atoms with van der Waals surface area (Å²) < 4.78 is 0. The molecule has 3 nitrogen and oxygen atoms in total. The van der Waals surface area contributed by atoms with Crippen molar-refractivity contribution < 1.29 is 0 Å². The summed E-state index contributed by atoms with van der Waals surface area (Å²) in [7, 11) is 0. The molecule has 2 aromatic heterocycles. The van der Waals surface area contributed by atoms with Gasteiger partial charge in [-0.1, -0.05) is 36.4 Å². The highest BCUT2D eigenvalue weighted by molar-refractivity contribution is 5.15. The third kappa shape index (κ3) is 5.01. The SMILES string of the molecule is c1ccc(CCN(Cc2ccncc2)Cc2ccccn2)cc1. The molecule has 0 bridgehead atoms. The van der Waals surface area contributed by atoms with Crippen LogP contribution in [0.3, 0.4) is 0 Å². The Balaban J connectivity index is 1.67. The average Bonchev–Trinajstić information content (AvgIpc) is 2.62. The van der Waals surface area contributed by atoms with Gasteiger partial charge in [-0.15, -0.1) is 0 Å². The third-order valence-electron chi connectivity index (χ3n) is 3.83. The molecule has 2 heterocycles. The molecular formula is C20H21N3. The molecule has 0 aliphatic rings. The molecule has 3 heteroatoms. The Morgan fingerprint density at radius 3 is 2.22 bits per heavy atom. The highest BCUT2D eigenvalue weighted by Gasteiger charge is 2.08. The van der Waals surface area contributed by atoms with Crippen molar-refractivity contribution in [1.82, 2.24) is 14.9 Å². The molecule has 0 amide bonds. The van der Waals surface area contributed by atoms with Crippen LogP contribution in [0, 0.1) is 0 Å². The molecule has 0 saturated carbocycles. The van der Waals surface area contributed by atoms with Crippen LogP contribution in [0.15, 0.2) is 79.3 Å². The molecule has 0 spiro atoms. The molecule has 1 aromatic carbocycles. The van der Waals surface area contributed by atoms with Gasteiger partial charge in [0.15, 0.2) is 0 Å². The topological polar surface area (TPSA) is 29.0 Å². The normalized spacial score (nSPS) is 10.8. The Kier molecular flexibility index (Phi) is 5.48. The molecule has 0 N–H and O–H groups in total. The maximum Gasteiger partial charge on any atom is 0.0544 e. The van der Waals surface area contributed by atoms with E-state index in [1.165, 1.54) is 11.1 Å². The minimum Gasteiger partial charge on any atom is -0.293 e. The summed E-state index contributed by atoms with van der Waals surface area (Å²) in [6.45, 7) is 2.77. The van der Waals surface area contributed by atoms with Gasteiger partial charge in [0.05, 0.1) is 5.69 Å². The van der Waals surface area contributed by atoms with Crippen LogP contribution in [0.5, 0.6) is 0 Å². The lowest BCUT2D eigenvalue weighted by molar-refractivity contribution is 0.257. The van der Waals surface area contributed by atoms with E-state index in [0.717, 1.165) is 31.7 Å². The van der Waals surface area contributed by atoms with Gasteiger partial charge >= 0.3 is 0 Å². The van der Waals surface area contributed by atoms with Crippen LogP contribution < -0.4 is 0 Å². The van der Waals surface area contributed by atoms with E-state index in [1.807, 2.05) is 30.7 Å². The van der Waals surface area contributed by atoms with Gasteiger partial charge in [0, 0.05) is 38.2 Å². The Morgan fingerprint density at radius 2 is 1.48 bits per heavy atom. The van der Waals surface area contributed by atoms with Crippen LogP contribution in [-0.4, -0.2) is 21.4 Å². The first-order chi connectivity index (χ1) is 11.4. The van der Waals surface area contributed by atoms with Crippen molar-refractivity contribution in [2.24, 2.45) is 0 Å². The summed E-state index contributed by atoms with van der Waals surface area (Å²) in [5.74, 6) is 0. The molecule has 0 atom stereocenters. The van der Waals surface area contributed by atoms with Crippen LogP contribution in [-0.2, 0) is 19.5 Å². The molecule has 0 unspecified atom stereocenters. The Labute approximate surface area is 137 Å². The van der Waals surface area contributed by atoms with E-state index >= 15 is 0 Å². The Morgan fingerprint density at radius 1 is 0.696 bits per heavy atom. The molecule has 0 fully saturated rings. The number of rotatable bonds is 7. The summed E-state index contributed by atoms with van der Waals surface area (Å²) in [6.07, 6.45) is 6.60. The van der Waals surface area contributed by atoms with Crippen molar-refractivity contribution in [3.63, 3.8) is 0 Å². The molecule has 0 aliphatic heterocycles. The fourth-order valence-corrected chi connectivity index (χ4v) is 2.61. The van der Waals surface area contributed by atoms with Gasteiger partial charge in [0.2, 0.25) is 0 Å². The molecule has 116 valence electrons. The second-order valence-electron chi connectivity index (χ2n) is 5.62. The summed E-state index contributed by atoms with van der Waals surface area (Å²) in [5, 5.41) is 0. The highest BCUT2D eigenvalue weighted by Crippen LogP contribution is 2.10. The lowest BCUT2D eigenvalue weighted by Crippen LogP contribution is -2.25.